The van der Waals surface area contributed by atoms with Gasteiger partial charge in [0, 0.05) is 5.41 Å². The maximum Gasteiger partial charge on any atom is 0.137 e. The third-order valence-electron chi connectivity index (χ3n) is 1.73. The van der Waals surface area contributed by atoms with E-state index < -0.39 is 4.33 Å². The topological polar surface area (TPSA) is 0 Å². The van der Waals surface area contributed by atoms with Crippen LogP contribution >= 0.6 is 39.1 Å². The molecule has 48 valence electrons. The van der Waals surface area contributed by atoms with Crippen LogP contribution in [-0.2, 0) is 0 Å². The van der Waals surface area contributed by atoms with Gasteiger partial charge in [0.2, 0.25) is 0 Å². The van der Waals surface area contributed by atoms with Crippen molar-refractivity contribution < 1.29 is 0 Å². The molecule has 3 heteroatoms. The fourth-order valence-corrected chi connectivity index (χ4v) is 2.34. The first-order valence-corrected chi connectivity index (χ1v) is 4.10. The van der Waals surface area contributed by atoms with Gasteiger partial charge in [0.05, 0.1) is 4.83 Å². The summed E-state index contributed by atoms with van der Waals surface area (Å²) >= 11 is 15.0. The van der Waals surface area contributed by atoms with E-state index in [1.165, 1.54) is 0 Å². The second kappa shape index (κ2) is 1.56. The molecule has 1 aliphatic carbocycles. The molecule has 1 rings (SSSR count). The van der Waals surface area contributed by atoms with Crippen LogP contribution in [0.2, 0.25) is 0 Å². The molecule has 0 radical (unpaired) electrons. The summed E-state index contributed by atoms with van der Waals surface area (Å²) in [5, 5.41) is 0. The van der Waals surface area contributed by atoms with Gasteiger partial charge < -0.3 is 0 Å². The van der Waals surface area contributed by atoms with Gasteiger partial charge in [0.25, 0.3) is 0 Å². The van der Waals surface area contributed by atoms with Crippen molar-refractivity contribution in [1.82, 2.24) is 0 Å². The molecule has 0 aromatic heterocycles. The minimum Gasteiger partial charge on any atom is -0.0997 e. The highest BCUT2D eigenvalue weighted by atomic mass is 79.9. The van der Waals surface area contributed by atoms with Gasteiger partial charge in [-0.1, -0.05) is 53.0 Å². The van der Waals surface area contributed by atoms with E-state index in [-0.39, 0.29) is 10.2 Å². The average Bonchev–Trinajstić information content (AvgIpc) is 1.88. The Kier molecular flexibility index (Phi) is 1.40. The smallest absolute Gasteiger partial charge is 0.0997 e. The van der Waals surface area contributed by atoms with E-state index >= 15 is 0 Å². The molecule has 0 nitrogen and oxygen atoms in total. The predicted octanol–water partition coefficient (Wildman–Crippen LogP) is 2.96. The first kappa shape index (κ1) is 7.17. The lowest BCUT2D eigenvalue weighted by Gasteiger charge is -1.98. The van der Waals surface area contributed by atoms with Gasteiger partial charge in [-0.2, -0.15) is 0 Å². The Bertz CT molecular complexity index is 106. The lowest BCUT2D eigenvalue weighted by Crippen LogP contribution is -1.96. The van der Waals surface area contributed by atoms with Crippen molar-refractivity contribution in [3.05, 3.63) is 0 Å². The zero-order chi connectivity index (χ0) is 6.58. The van der Waals surface area contributed by atoms with Gasteiger partial charge >= 0.3 is 0 Å². The molecule has 0 amide bonds. The van der Waals surface area contributed by atoms with E-state index in [1.54, 1.807) is 0 Å². The minimum absolute atomic E-state index is 0.0517. The van der Waals surface area contributed by atoms with E-state index in [9.17, 15) is 0 Å². The summed E-state index contributed by atoms with van der Waals surface area (Å²) in [6, 6.07) is 0. The summed E-state index contributed by atoms with van der Waals surface area (Å²) in [5.41, 5.74) is 0.0517. The Morgan fingerprint density at radius 1 is 1.38 bits per heavy atom. The van der Waals surface area contributed by atoms with Crippen LogP contribution in [0, 0.1) is 5.41 Å². The number of halogens is 3. The van der Waals surface area contributed by atoms with E-state index in [0.717, 1.165) is 0 Å². The largest absolute Gasteiger partial charge is 0.137 e. The third kappa shape index (κ3) is 0.644. The molecule has 0 heterocycles. The van der Waals surface area contributed by atoms with E-state index in [4.69, 9.17) is 23.2 Å². The van der Waals surface area contributed by atoms with Crippen LogP contribution in [0.3, 0.4) is 0 Å². The normalized spacial score (nSPS) is 39.4. The van der Waals surface area contributed by atoms with Gasteiger partial charge in [-0.25, -0.2) is 0 Å². The van der Waals surface area contributed by atoms with Crippen LogP contribution in [0.5, 0.6) is 0 Å². The SMILES string of the molecule is CC1(C)[C@H](Br)C1(Cl)Cl. The molecule has 1 aliphatic rings. The molecular weight excluding hydrogens is 211 g/mol. The number of hydrogen-bond donors (Lipinski definition) is 0. The van der Waals surface area contributed by atoms with Gasteiger partial charge in [-0.3, -0.25) is 0 Å². The number of alkyl halides is 3. The predicted molar refractivity (Wildman–Crippen MR) is 40.9 cm³/mol. The maximum absolute atomic E-state index is 5.80. The summed E-state index contributed by atoms with van der Waals surface area (Å²) in [6.45, 7) is 4.07. The highest BCUT2D eigenvalue weighted by Gasteiger charge is 2.69. The van der Waals surface area contributed by atoms with Crippen LogP contribution in [0.4, 0.5) is 0 Å². The molecule has 0 spiro atoms. The highest BCUT2D eigenvalue weighted by molar-refractivity contribution is 9.09. The van der Waals surface area contributed by atoms with Crippen molar-refractivity contribution in [2.75, 3.05) is 0 Å². The lowest BCUT2D eigenvalue weighted by molar-refractivity contribution is 0.646. The third-order valence-corrected chi connectivity index (χ3v) is 5.50. The highest BCUT2D eigenvalue weighted by Crippen LogP contribution is 2.67. The zero-order valence-electron chi connectivity index (χ0n) is 4.71. The Hall–Kier alpha value is 1.06. The van der Waals surface area contributed by atoms with Crippen LogP contribution in [0.25, 0.3) is 0 Å². The van der Waals surface area contributed by atoms with Crippen molar-refractivity contribution >= 4 is 39.1 Å². The maximum atomic E-state index is 5.80. The molecule has 0 bridgehead atoms. The fraction of sp³-hybridized carbons (Fsp3) is 1.00. The second-order valence-electron chi connectivity index (χ2n) is 2.71. The molecule has 0 saturated heterocycles. The Labute approximate surface area is 67.7 Å². The average molecular weight is 218 g/mol. The van der Waals surface area contributed by atoms with Gasteiger partial charge in [-0.05, 0) is 0 Å². The first-order chi connectivity index (χ1) is 3.40. The minimum atomic E-state index is -0.535. The van der Waals surface area contributed by atoms with Gasteiger partial charge in [0.15, 0.2) is 0 Å². The van der Waals surface area contributed by atoms with Crippen LogP contribution in [-0.4, -0.2) is 9.16 Å². The molecule has 0 N–H and O–H groups in total. The molecule has 8 heavy (non-hydrogen) atoms. The van der Waals surface area contributed by atoms with Crippen molar-refractivity contribution in [2.24, 2.45) is 5.41 Å². The zero-order valence-corrected chi connectivity index (χ0v) is 7.81. The summed E-state index contributed by atoms with van der Waals surface area (Å²) in [6.07, 6.45) is 0. The van der Waals surface area contributed by atoms with Gasteiger partial charge in [-0.15, -0.1) is 0 Å². The second-order valence-corrected chi connectivity index (χ2v) is 5.01. The number of rotatable bonds is 0. The Morgan fingerprint density at radius 3 is 1.50 bits per heavy atom. The molecule has 0 aromatic carbocycles. The standard InChI is InChI=1S/C5H7BrCl2/c1-4(2)3(6)5(4,7)8/h3H,1-2H3/t3-/m0/s1. The Balaban J connectivity index is 2.72. The van der Waals surface area contributed by atoms with E-state index in [1.807, 2.05) is 13.8 Å². The van der Waals surface area contributed by atoms with Crippen LogP contribution in [0.1, 0.15) is 13.8 Å². The lowest BCUT2D eigenvalue weighted by atomic mass is 10.2. The van der Waals surface area contributed by atoms with E-state index in [2.05, 4.69) is 15.9 Å². The van der Waals surface area contributed by atoms with Crippen molar-refractivity contribution in [3.63, 3.8) is 0 Å². The van der Waals surface area contributed by atoms with Crippen LogP contribution in [0.15, 0.2) is 0 Å². The number of hydrogen-bond acceptors (Lipinski definition) is 0. The molecular formula is C5H7BrCl2. The molecule has 0 aliphatic heterocycles. The first-order valence-electron chi connectivity index (χ1n) is 2.42. The Morgan fingerprint density at radius 2 is 1.50 bits per heavy atom. The monoisotopic (exact) mass is 216 g/mol. The summed E-state index contributed by atoms with van der Waals surface area (Å²) in [7, 11) is 0. The van der Waals surface area contributed by atoms with Crippen molar-refractivity contribution in [3.8, 4) is 0 Å². The summed E-state index contributed by atoms with van der Waals surface area (Å²) < 4.78 is -0.535. The quantitative estimate of drug-likeness (QED) is 0.548. The van der Waals surface area contributed by atoms with Crippen LogP contribution < -0.4 is 0 Å². The fourth-order valence-electron chi connectivity index (χ4n) is 0.599. The molecule has 1 saturated carbocycles. The van der Waals surface area contributed by atoms with Gasteiger partial charge in [0.1, 0.15) is 4.33 Å². The van der Waals surface area contributed by atoms with Crippen molar-refractivity contribution in [1.29, 1.82) is 0 Å². The molecule has 0 aromatic rings. The molecule has 0 unspecified atom stereocenters. The molecule has 1 fully saturated rings. The molecule has 1 atom stereocenters. The summed E-state index contributed by atoms with van der Waals surface area (Å²) in [4.78, 5) is 0.255. The van der Waals surface area contributed by atoms with Crippen molar-refractivity contribution in [2.45, 2.75) is 23.0 Å². The summed E-state index contributed by atoms with van der Waals surface area (Å²) in [5.74, 6) is 0. The van der Waals surface area contributed by atoms with E-state index in [0.29, 0.717) is 0 Å².